The molecule has 1 amide bonds. The van der Waals surface area contributed by atoms with Crippen LogP contribution in [-0.4, -0.2) is 22.0 Å². The van der Waals surface area contributed by atoms with Crippen LogP contribution in [0.3, 0.4) is 0 Å². The molecule has 2 aliphatic carbocycles. The van der Waals surface area contributed by atoms with Gasteiger partial charge in [-0.05, 0) is 43.3 Å². The van der Waals surface area contributed by atoms with Gasteiger partial charge in [-0.1, -0.05) is 41.2 Å². The Hall–Kier alpha value is -1.02. The minimum absolute atomic E-state index is 0.00571. The maximum atomic E-state index is 12.2. The lowest BCUT2D eigenvalue weighted by Crippen LogP contribution is -2.51. The van der Waals surface area contributed by atoms with E-state index in [2.05, 4.69) is 21.2 Å². The first kappa shape index (κ1) is 17.8. The second-order valence-corrected chi connectivity index (χ2v) is 7.65. The molecule has 3 rings (SSSR count). The first-order chi connectivity index (χ1) is 11.4. The number of amides is 1. The summed E-state index contributed by atoms with van der Waals surface area (Å²) >= 11 is 22.9. The van der Waals surface area contributed by atoms with E-state index in [1.807, 2.05) is 0 Å². The SMILES string of the molecule is Nc1c(Cl)c(Cl)nc(C(=O)NNC(=S)NC2CC3CCC2C3)c1Cl. The van der Waals surface area contributed by atoms with Gasteiger partial charge in [0.1, 0.15) is 5.02 Å². The van der Waals surface area contributed by atoms with Gasteiger partial charge in [-0.3, -0.25) is 15.6 Å². The van der Waals surface area contributed by atoms with Crippen molar-refractivity contribution in [3.63, 3.8) is 0 Å². The number of hydrazine groups is 1. The predicted octanol–water partition coefficient (Wildman–Crippen LogP) is 2.92. The van der Waals surface area contributed by atoms with Gasteiger partial charge in [0.15, 0.2) is 16.0 Å². The molecule has 1 heterocycles. The van der Waals surface area contributed by atoms with Crippen molar-refractivity contribution in [2.75, 3.05) is 5.73 Å². The van der Waals surface area contributed by atoms with E-state index in [4.69, 9.17) is 52.8 Å². The third-order valence-corrected chi connectivity index (χ3v) is 5.99. The Kier molecular flexibility index (Phi) is 5.24. The van der Waals surface area contributed by atoms with Gasteiger partial charge < -0.3 is 11.1 Å². The highest BCUT2D eigenvalue weighted by Gasteiger charge is 2.39. The highest BCUT2D eigenvalue weighted by atomic mass is 35.5. The van der Waals surface area contributed by atoms with Crippen LogP contribution in [0.2, 0.25) is 15.2 Å². The number of thiocarbonyl (C=S) groups is 1. The van der Waals surface area contributed by atoms with Gasteiger partial charge in [-0.2, -0.15) is 0 Å². The first-order valence-electron chi connectivity index (χ1n) is 7.53. The number of pyridine rings is 1. The Morgan fingerprint density at radius 1 is 1.17 bits per heavy atom. The molecule has 130 valence electrons. The maximum Gasteiger partial charge on any atom is 0.289 e. The molecule has 0 radical (unpaired) electrons. The number of carbonyl (C=O) groups is 1. The van der Waals surface area contributed by atoms with E-state index >= 15 is 0 Å². The van der Waals surface area contributed by atoms with Gasteiger partial charge in [-0.15, -0.1) is 0 Å². The summed E-state index contributed by atoms with van der Waals surface area (Å²) in [5.41, 5.74) is 10.7. The van der Waals surface area contributed by atoms with Crippen LogP contribution in [0.15, 0.2) is 0 Å². The minimum Gasteiger partial charge on any atom is -0.396 e. The van der Waals surface area contributed by atoms with E-state index in [0.29, 0.717) is 17.1 Å². The molecule has 2 saturated carbocycles. The van der Waals surface area contributed by atoms with E-state index < -0.39 is 5.91 Å². The summed E-state index contributed by atoms with van der Waals surface area (Å²) in [6.45, 7) is 0. The van der Waals surface area contributed by atoms with Crippen LogP contribution in [0.4, 0.5) is 5.69 Å². The molecule has 0 aliphatic heterocycles. The fourth-order valence-electron chi connectivity index (χ4n) is 3.48. The molecule has 3 unspecified atom stereocenters. The Morgan fingerprint density at radius 3 is 2.54 bits per heavy atom. The van der Waals surface area contributed by atoms with Crippen LogP contribution in [-0.2, 0) is 0 Å². The van der Waals surface area contributed by atoms with Gasteiger partial charge in [0.2, 0.25) is 0 Å². The van der Waals surface area contributed by atoms with Crippen LogP contribution in [0.1, 0.15) is 36.2 Å². The smallest absolute Gasteiger partial charge is 0.289 e. The van der Waals surface area contributed by atoms with Crippen LogP contribution >= 0.6 is 47.0 Å². The number of hydrogen-bond acceptors (Lipinski definition) is 4. The summed E-state index contributed by atoms with van der Waals surface area (Å²) in [5.74, 6) is 0.853. The largest absolute Gasteiger partial charge is 0.396 e. The number of carbonyl (C=O) groups excluding carboxylic acids is 1. The van der Waals surface area contributed by atoms with Gasteiger partial charge in [0.25, 0.3) is 5.91 Å². The molecule has 2 bridgehead atoms. The van der Waals surface area contributed by atoms with E-state index in [9.17, 15) is 4.79 Å². The van der Waals surface area contributed by atoms with Gasteiger partial charge in [0.05, 0.1) is 10.7 Å². The van der Waals surface area contributed by atoms with Crippen LogP contribution in [0, 0.1) is 11.8 Å². The lowest BCUT2D eigenvalue weighted by molar-refractivity contribution is 0.0938. The van der Waals surface area contributed by atoms with Crippen molar-refractivity contribution in [2.24, 2.45) is 11.8 Å². The van der Waals surface area contributed by atoms with Crippen molar-refractivity contribution in [1.82, 2.24) is 21.2 Å². The van der Waals surface area contributed by atoms with Crippen LogP contribution in [0.25, 0.3) is 0 Å². The normalized spacial score (nSPS) is 24.7. The lowest BCUT2D eigenvalue weighted by Gasteiger charge is -2.24. The number of nitrogens with one attached hydrogen (secondary N) is 3. The fraction of sp³-hybridized carbons (Fsp3) is 0.500. The number of anilines is 1. The molecular formula is C14H16Cl3N5OS. The van der Waals surface area contributed by atoms with Crippen molar-refractivity contribution in [3.8, 4) is 0 Å². The number of nitrogens with two attached hydrogens (primary N) is 1. The standard InChI is InChI=1S/C14H16Cl3N5OS/c15-8-10(18)9(16)12(17)20-11(8)13(23)21-22-14(24)19-7-4-5-1-2-6(7)3-5/h5-7H,1-4H2,(H2,18,20)(H,21,23)(H2,19,22,24). The first-order valence-corrected chi connectivity index (χ1v) is 9.07. The summed E-state index contributed by atoms with van der Waals surface area (Å²) in [7, 11) is 0. The summed E-state index contributed by atoms with van der Waals surface area (Å²) < 4.78 is 0. The van der Waals surface area contributed by atoms with E-state index in [0.717, 1.165) is 12.3 Å². The fourth-order valence-corrected chi connectivity index (χ4v) is 4.28. The molecule has 1 aromatic heterocycles. The molecule has 5 N–H and O–H groups in total. The molecule has 3 atom stereocenters. The topological polar surface area (TPSA) is 92.1 Å². The number of nitrogens with zero attached hydrogens (tertiary/aromatic N) is 1. The lowest BCUT2D eigenvalue weighted by atomic mass is 9.96. The summed E-state index contributed by atoms with van der Waals surface area (Å²) in [6, 6.07) is 0.364. The predicted molar refractivity (Wildman–Crippen MR) is 99.3 cm³/mol. The number of aromatic nitrogens is 1. The molecule has 10 heteroatoms. The van der Waals surface area contributed by atoms with Crippen molar-refractivity contribution >= 4 is 63.7 Å². The van der Waals surface area contributed by atoms with Crippen molar-refractivity contribution in [1.29, 1.82) is 0 Å². The molecule has 24 heavy (non-hydrogen) atoms. The Morgan fingerprint density at radius 2 is 1.92 bits per heavy atom. The number of halogens is 3. The molecule has 0 spiro atoms. The number of rotatable bonds is 2. The molecule has 1 aromatic rings. The zero-order valence-corrected chi connectivity index (χ0v) is 15.6. The molecule has 2 aliphatic rings. The van der Waals surface area contributed by atoms with Gasteiger partial charge >= 0.3 is 0 Å². The summed E-state index contributed by atoms with van der Waals surface area (Å²) in [5, 5.41) is 3.46. The molecule has 2 fully saturated rings. The zero-order valence-electron chi connectivity index (χ0n) is 12.5. The highest BCUT2D eigenvalue weighted by Crippen LogP contribution is 2.44. The quantitative estimate of drug-likeness (QED) is 0.342. The van der Waals surface area contributed by atoms with Crippen LogP contribution < -0.4 is 21.9 Å². The maximum absolute atomic E-state index is 12.2. The Bertz CT molecular complexity index is 701. The average Bonchev–Trinajstić information content (AvgIpc) is 3.16. The van der Waals surface area contributed by atoms with E-state index in [1.165, 1.54) is 19.3 Å². The second-order valence-electron chi connectivity index (χ2n) is 6.13. The number of nitrogen functional groups attached to an aromatic ring is 1. The third-order valence-electron chi connectivity index (χ3n) is 4.63. The molecular weight excluding hydrogens is 393 g/mol. The Balaban J connectivity index is 1.57. The average molecular weight is 409 g/mol. The molecule has 6 nitrogen and oxygen atoms in total. The third kappa shape index (κ3) is 3.49. The monoisotopic (exact) mass is 407 g/mol. The molecule has 0 aromatic carbocycles. The summed E-state index contributed by atoms with van der Waals surface area (Å²) in [6.07, 6.45) is 4.92. The van der Waals surface area contributed by atoms with E-state index in [-0.39, 0.29) is 26.6 Å². The van der Waals surface area contributed by atoms with E-state index in [1.54, 1.807) is 0 Å². The summed E-state index contributed by atoms with van der Waals surface area (Å²) in [4.78, 5) is 16.0. The number of hydrogen-bond donors (Lipinski definition) is 4. The van der Waals surface area contributed by atoms with Crippen molar-refractivity contribution in [2.45, 2.75) is 31.7 Å². The van der Waals surface area contributed by atoms with Crippen LogP contribution in [0.5, 0.6) is 0 Å². The Labute approximate surface area is 159 Å². The van der Waals surface area contributed by atoms with Gasteiger partial charge in [-0.25, -0.2) is 4.98 Å². The minimum atomic E-state index is -0.609. The second kappa shape index (κ2) is 7.07. The number of fused-ring (bicyclic) bond motifs is 2. The highest BCUT2D eigenvalue weighted by molar-refractivity contribution is 7.80. The van der Waals surface area contributed by atoms with Gasteiger partial charge in [0, 0.05) is 6.04 Å². The molecule has 0 saturated heterocycles. The van der Waals surface area contributed by atoms with Crippen molar-refractivity contribution < 1.29 is 4.79 Å². The zero-order chi connectivity index (χ0) is 17.4. The van der Waals surface area contributed by atoms with Crippen molar-refractivity contribution in [3.05, 3.63) is 20.9 Å².